The standard InChI is InChI=1S/C15H16ClNO2/c1-10(2)17(3)15(18)14-9-8-13(19-14)11-6-4-5-7-12(11)16/h4-10H,1-3H3. The molecule has 1 heterocycles. The average Bonchev–Trinajstić information content (AvgIpc) is 2.86. The summed E-state index contributed by atoms with van der Waals surface area (Å²) in [6, 6.07) is 11.0. The summed E-state index contributed by atoms with van der Waals surface area (Å²) in [5.41, 5.74) is 0.787. The van der Waals surface area contributed by atoms with Crippen LogP contribution in [0.2, 0.25) is 5.02 Å². The molecule has 0 N–H and O–H groups in total. The Labute approximate surface area is 117 Å². The lowest BCUT2D eigenvalue weighted by Crippen LogP contribution is -2.32. The Bertz CT molecular complexity index is 589. The SMILES string of the molecule is CC(C)N(C)C(=O)c1ccc(-c2ccccc2Cl)o1. The zero-order valence-electron chi connectivity index (χ0n) is 11.2. The topological polar surface area (TPSA) is 33.5 Å². The van der Waals surface area contributed by atoms with E-state index in [0.29, 0.717) is 16.5 Å². The largest absolute Gasteiger partial charge is 0.451 e. The predicted molar refractivity (Wildman–Crippen MR) is 76.4 cm³/mol. The highest BCUT2D eigenvalue weighted by Crippen LogP contribution is 2.29. The number of carbonyl (C=O) groups is 1. The first-order valence-corrected chi connectivity index (χ1v) is 6.50. The van der Waals surface area contributed by atoms with Gasteiger partial charge in [-0.25, -0.2) is 0 Å². The molecule has 19 heavy (non-hydrogen) atoms. The number of rotatable bonds is 3. The third-order valence-electron chi connectivity index (χ3n) is 3.05. The molecule has 0 spiro atoms. The van der Waals surface area contributed by atoms with Gasteiger partial charge in [-0.1, -0.05) is 23.7 Å². The molecule has 0 atom stereocenters. The van der Waals surface area contributed by atoms with Gasteiger partial charge in [0, 0.05) is 18.7 Å². The van der Waals surface area contributed by atoms with Crippen LogP contribution in [0.25, 0.3) is 11.3 Å². The van der Waals surface area contributed by atoms with Gasteiger partial charge in [-0.05, 0) is 38.1 Å². The lowest BCUT2D eigenvalue weighted by Gasteiger charge is -2.19. The smallest absolute Gasteiger partial charge is 0.289 e. The number of nitrogens with zero attached hydrogens (tertiary/aromatic N) is 1. The molecule has 0 aliphatic carbocycles. The first-order valence-electron chi connectivity index (χ1n) is 6.12. The van der Waals surface area contributed by atoms with Gasteiger partial charge in [0.05, 0.1) is 5.02 Å². The van der Waals surface area contributed by atoms with Crippen LogP contribution in [0.1, 0.15) is 24.4 Å². The number of hydrogen-bond donors (Lipinski definition) is 0. The normalized spacial score (nSPS) is 10.8. The quantitative estimate of drug-likeness (QED) is 0.847. The molecule has 4 heteroatoms. The summed E-state index contributed by atoms with van der Waals surface area (Å²) >= 11 is 6.11. The van der Waals surface area contributed by atoms with Crippen LogP contribution in [0.3, 0.4) is 0 Å². The van der Waals surface area contributed by atoms with Gasteiger partial charge in [-0.2, -0.15) is 0 Å². The minimum Gasteiger partial charge on any atom is -0.451 e. The molecular formula is C15H16ClNO2. The summed E-state index contributed by atoms with van der Waals surface area (Å²) in [6.07, 6.45) is 0. The molecular weight excluding hydrogens is 262 g/mol. The van der Waals surface area contributed by atoms with Crippen LogP contribution >= 0.6 is 11.6 Å². The van der Waals surface area contributed by atoms with Gasteiger partial charge < -0.3 is 9.32 Å². The second kappa shape index (κ2) is 5.49. The van der Waals surface area contributed by atoms with Crippen LogP contribution < -0.4 is 0 Å². The number of furan rings is 1. The molecule has 0 bridgehead atoms. The van der Waals surface area contributed by atoms with E-state index in [1.807, 2.05) is 32.0 Å². The zero-order valence-corrected chi connectivity index (χ0v) is 11.9. The fourth-order valence-electron chi connectivity index (χ4n) is 1.67. The molecule has 1 aromatic carbocycles. The molecule has 3 nitrogen and oxygen atoms in total. The van der Waals surface area contributed by atoms with Crippen LogP contribution in [0, 0.1) is 0 Å². The summed E-state index contributed by atoms with van der Waals surface area (Å²) in [7, 11) is 1.75. The summed E-state index contributed by atoms with van der Waals surface area (Å²) in [4.78, 5) is 13.7. The minimum atomic E-state index is -0.131. The van der Waals surface area contributed by atoms with E-state index in [-0.39, 0.29) is 11.9 Å². The summed E-state index contributed by atoms with van der Waals surface area (Å²) in [6.45, 7) is 3.91. The number of hydrogen-bond acceptors (Lipinski definition) is 2. The predicted octanol–water partition coefficient (Wildman–Crippen LogP) is 4.08. The van der Waals surface area contributed by atoms with E-state index in [4.69, 9.17) is 16.0 Å². The van der Waals surface area contributed by atoms with Crippen molar-refractivity contribution in [1.82, 2.24) is 4.90 Å². The van der Waals surface area contributed by atoms with E-state index in [0.717, 1.165) is 5.56 Å². The number of carbonyl (C=O) groups excluding carboxylic acids is 1. The van der Waals surface area contributed by atoms with Gasteiger partial charge in [0.1, 0.15) is 5.76 Å². The highest BCUT2D eigenvalue weighted by molar-refractivity contribution is 6.33. The van der Waals surface area contributed by atoms with Crippen molar-refractivity contribution in [1.29, 1.82) is 0 Å². The van der Waals surface area contributed by atoms with E-state index in [2.05, 4.69) is 0 Å². The fourth-order valence-corrected chi connectivity index (χ4v) is 1.90. The van der Waals surface area contributed by atoms with Gasteiger partial charge in [0.25, 0.3) is 5.91 Å². The van der Waals surface area contributed by atoms with Crippen molar-refractivity contribution in [2.45, 2.75) is 19.9 Å². The molecule has 2 rings (SSSR count). The molecule has 1 aromatic heterocycles. The third kappa shape index (κ3) is 2.82. The van der Waals surface area contributed by atoms with Crippen LogP contribution in [-0.2, 0) is 0 Å². The van der Waals surface area contributed by atoms with Gasteiger partial charge in [0.15, 0.2) is 5.76 Å². The molecule has 0 radical (unpaired) electrons. The van der Waals surface area contributed by atoms with Gasteiger partial charge in [0.2, 0.25) is 0 Å². The molecule has 100 valence electrons. The van der Waals surface area contributed by atoms with E-state index < -0.39 is 0 Å². The van der Waals surface area contributed by atoms with E-state index in [9.17, 15) is 4.79 Å². The van der Waals surface area contributed by atoms with Crippen molar-refractivity contribution in [2.75, 3.05) is 7.05 Å². The Morgan fingerprint density at radius 2 is 1.89 bits per heavy atom. The number of amides is 1. The molecule has 0 unspecified atom stereocenters. The Hall–Kier alpha value is -1.74. The molecule has 0 aliphatic heterocycles. The molecule has 0 saturated heterocycles. The Morgan fingerprint density at radius 1 is 1.21 bits per heavy atom. The van der Waals surface area contributed by atoms with Crippen LogP contribution in [-0.4, -0.2) is 23.9 Å². The van der Waals surface area contributed by atoms with Crippen molar-refractivity contribution in [2.24, 2.45) is 0 Å². The zero-order chi connectivity index (χ0) is 14.0. The second-order valence-electron chi connectivity index (χ2n) is 4.65. The van der Waals surface area contributed by atoms with Crippen LogP contribution in [0.15, 0.2) is 40.8 Å². The maximum Gasteiger partial charge on any atom is 0.289 e. The van der Waals surface area contributed by atoms with Crippen LogP contribution in [0.5, 0.6) is 0 Å². The second-order valence-corrected chi connectivity index (χ2v) is 5.06. The Balaban J connectivity index is 2.30. The Kier molecular flexibility index (Phi) is 3.96. The lowest BCUT2D eigenvalue weighted by atomic mass is 10.2. The third-order valence-corrected chi connectivity index (χ3v) is 3.38. The minimum absolute atomic E-state index is 0.126. The van der Waals surface area contributed by atoms with Crippen molar-refractivity contribution >= 4 is 17.5 Å². The van der Waals surface area contributed by atoms with Gasteiger partial charge in [-0.15, -0.1) is 0 Å². The average molecular weight is 278 g/mol. The van der Waals surface area contributed by atoms with Crippen molar-refractivity contribution in [3.8, 4) is 11.3 Å². The lowest BCUT2D eigenvalue weighted by molar-refractivity contribution is 0.0724. The summed E-state index contributed by atoms with van der Waals surface area (Å²) in [5.74, 6) is 0.797. The molecule has 0 fully saturated rings. The maximum atomic E-state index is 12.1. The summed E-state index contributed by atoms with van der Waals surface area (Å²) in [5, 5.41) is 0.605. The molecule has 1 amide bonds. The Morgan fingerprint density at radius 3 is 2.53 bits per heavy atom. The first kappa shape index (κ1) is 13.7. The molecule has 0 saturated carbocycles. The van der Waals surface area contributed by atoms with Crippen LogP contribution in [0.4, 0.5) is 0 Å². The monoisotopic (exact) mass is 277 g/mol. The fraction of sp³-hybridized carbons (Fsp3) is 0.267. The van der Waals surface area contributed by atoms with Gasteiger partial charge >= 0.3 is 0 Å². The summed E-state index contributed by atoms with van der Waals surface area (Å²) < 4.78 is 5.61. The van der Waals surface area contributed by atoms with E-state index >= 15 is 0 Å². The van der Waals surface area contributed by atoms with Crippen molar-refractivity contribution in [3.63, 3.8) is 0 Å². The first-order chi connectivity index (χ1) is 9.00. The maximum absolute atomic E-state index is 12.1. The number of halogens is 1. The van der Waals surface area contributed by atoms with E-state index in [1.165, 1.54) is 0 Å². The molecule has 0 aliphatic rings. The number of benzene rings is 1. The van der Waals surface area contributed by atoms with Gasteiger partial charge in [-0.3, -0.25) is 4.79 Å². The van der Waals surface area contributed by atoms with Crippen molar-refractivity contribution in [3.05, 3.63) is 47.2 Å². The highest BCUT2D eigenvalue weighted by Gasteiger charge is 2.19. The van der Waals surface area contributed by atoms with E-state index in [1.54, 1.807) is 30.1 Å². The highest BCUT2D eigenvalue weighted by atomic mass is 35.5. The van der Waals surface area contributed by atoms with Crippen molar-refractivity contribution < 1.29 is 9.21 Å². The molecule has 2 aromatic rings.